The van der Waals surface area contributed by atoms with E-state index in [1.165, 1.54) is 29.2 Å². The van der Waals surface area contributed by atoms with Gasteiger partial charge in [-0.25, -0.2) is 8.78 Å². The zero-order chi connectivity index (χ0) is 13.1. The Kier molecular flexibility index (Phi) is 4.14. The van der Waals surface area contributed by atoms with Crippen molar-refractivity contribution in [1.29, 1.82) is 0 Å². The van der Waals surface area contributed by atoms with Crippen LogP contribution in [-0.2, 0) is 0 Å². The Morgan fingerprint density at radius 2 is 2.11 bits per heavy atom. The van der Waals surface area contributed by atoms with Crippen LogP contribution >= 0.6 is 23.1 Å². The summed E-state index contributed by atoms with van der Waals surface area (Å²) in [5, 5.41) is 1.52. The van der Waals surface area contributed by atoms with E-state index in [0.717, 1.165) is 16.3 Å². The van der Waals surface area contributed by atoms with Gasteiger partial charge in [-0.15, -0.1) is 23.1 Å². The van der Waals surface area contributed by atoms with E-state index in [-0.39, 0.29) is 11.3 Å². The lowest BCUT2D eigenvalue weighted by atomic mass is 10.1. The summed E-state index contributed by atoms with van der Waals surface area (Å²) in [6, 6.07) is 6.82. The SMILES string of the molecule is CC(Sc1cccs1)C(=O)c1ccc(F)cc1F. The number of carbonyl (C=O) groups excluding carboxylic acids is 1. The Labute approximate surface area is 112 Å². The molecule has 94 valence electrons. The quantitative estimate of drug-likeness (QED) is 0.612. The molecule has 1 nitrogen and oxygen atoms in total. The first-order valence-electron chi connectivity index (χ1n) is 5.27. The maximum Gasteiger partial charge on any atom is 0.178 e. The number of hydrogen-bond acceptors (Lipinski definition) is 3. The summed E-state index contributed by atoms with van der Waals surface area (Å²) in [6.07, 6.45) is 0. The Balaban J connectivity index is 2.15. The highest BCUT2D eigenvalue weighted by molar-refractivity contribution is 8.02. The highest BCUT2D eigenvalue weighted by atomic mass is 32.2. The summed E-state index contributed by atoms with van der Waals surface area (Å²) >= 11 is 2.90. The van der Waals surface area contributed by atoms with Gasteiger partial charge >= 0.3 is 0 Å². The lowest BCUT2D eigenvalue weighted by molar-refractivity contribution is 0.0990. The minimum absolute atomic E-state index is 0.0621. The molecule has 0 spiro atoms. The number of carbonyl (C=O) groups is 1. The van der Waals surface area contributed by atoms with E-state index >= 15 is 0 Å². The Hall–Kier alpha value is -1.20. The van der Waals surface area contributed by atoms with Crippen LogP contribution in [0.5, 0.6) is 0 Å². The molecule has 0 radical (unpaired) electrons. The molecule has 0 fully saturated rings. The second kappa shape index (κ2) is 5.63. The van der Waals surface area contributed by atoms with Gasteiger partial charge < -0.3 is 0 Å². The van der Waals surface area contributed by atoms with Crippen LogP contribution in [0, 0.1) is 11.6 Å². The maximum atomic E-state index is 13.5. The van der Waals surface area contributed by atoms with Crippen LogP contribution in [0.3, 0.4) is 0 Å². The molecule has 0 amide bonds. The van der Waals surface area contributed by atoms with Crippen molar-refractivity contribution < 1.29 is 13.6 Å². The van der Waals surface area contributed by atoms with Crippen LogP contribution in [0.15, 0.2) is 39.9 Å². The first-order chi connectivity index (χ1) is 8.58. The molecular formula is C13H10F2OS2. The first-order valence-corrected chi connectivity index (χ1v) is 7.03. The highest BCUT2D eigenvalue weighted by Crippen LogP contribution is 2.29. The van der Waals surface area contributed by atoms with E-state index in [4.69, 9.17) is 0 Å². The van der Waals surface area contributed by atoms with Crippen LogP contribution in [-0.4, -0.2) is 11.0 Å². The summed E-state index contributed by atoms with van der Waals surface area (Å²) in [5.41, 5.74) is -0.0621. The summed E-state index contributed by atoms with van der Waals surface area (Å²) in [5.74, 6) is -1.81. The molecule has 2 rings (SSSR count). The monoisotopic (exact) mass is 284 g/mol. The predicted octanol–water partition coefficient (Wildman–Crippen LogP) is 4.39. The fraction of sp³-hybridized carbons (Fsp3) is 0.154. The average molecular weight is 284 g/mol. The molecule has 0 aliphatic heterocycles. The zero-order valence-electron chi connectivity index (χ0n) is 9.52. The molecule has 0 saturated carbocycles. The molecule has 5 heteroatoms. The van der Waals surface area contributed by atoms with Gasteiger partial charge in [0.05, 0.1) is 15.0 Å². The molecule has 1 heterocycles. The van der Waals surface area contributed by atoms with Gasteiger partial charge in [0.2, 0.25) is 0 Å². The van der Waals surface area contributed by atoms with Crippen molar-refractivity contribution in [2.24, 2.45) is 0 Å². The molecule has 1 aromatic heterocycles. The van der Waals surface area contributed by atoms with Crippen molar-refractivity contribution in [1.82, 2.24) is 0 Å². The van der Waals surface area contributed by atoms with E-state index in [1.54, 1.807) is 6.92 Å². The van der Waals surface area contributed by atoms with Gasteiger partial charge in [-0.05, 0) is 30.5 Å². The van der Waals surface area contributed by atoms with Gasteiger partial charge in [0.1, 0.15) is 11.6 Å². The molecule has 0 saturated heterocycles. The molecule has 0 aliphatic carbocycles. The van der Waals surface area contributed by atoms with Gasteiger partial charge in [-0.2, -0.15) is 0 Å². The second-order valence-corrected chi connectivity index (χ2v) is 6.27. The van der Waals surface area contributed by atoms with Crippen molar-refractivity contribution in [3.8, 4) is 0 Å². The van der Waals surface area contributed by atoms with Gasteiger partial charge in [0, 0.05) is 6.07 Å². The number of hydrogen-bond donors (Lipinski definition) is 0. The van der Waals surface area contributed by atoms with Gasteiger partial charge in [0.15, 0.2) is 5.78 Å². The van der Waals surface area contributed by atoms with Crippen molar-refractivity contribution in [3.63, 3.8) is 0 Å². The second-order valence-electron chi connectivity index (χ2n) is 3.68. The fourth-order valence-electron chi connectivity index (χ4n) is 1.47. The Morgan fingerprint density at radius 1 is 1.33 bits per heavy atom. The molecule has 0 N–H and O–H groups in total. The molecule has 1 atom stereocenters. The molecule has 0 aliphatic rings. The maximum absolute atomic E-state index is 13.5. The number of halogens is 2. The highest BCUT2D eigenvalue weighted by Gasteiger charge is 2.20. The fourth-order valence-corrected chi connectivity index (χ4v) is 3.48. The van der Waals surface area contributed by atoms with Gasteiger partial charge in [-0.3, -0.25) is 4.79 Å². The van der Waals surface area contributed by atoms with Crippen LogP contribution in [0.25, 0.3) is 0 Å². The Morgan fingerprint density at radius 3 is 2.72 bits per heavy atom. The van der Waals surface area contributed by atoms with E-state index in [0.29, 0.717) is 0 Å². The third-order valence-corrected chi connectivity index (χ3v) is 4.53. The number of benzene rings is 1. The smallest absolute Gasteiger partial charge is 0.178 e. The topological polar surface area (TPSA) is 17.1 Å². The molecule has 18 heavy (non-hydrogen) atoms. The van der Waals surface area contributed by atoms with Crippen molar-refractivity contribution in [3.05, 3.63) is 52.9 Å². The van der Waals surface area contributed by atoms with E-state index < -0.39 is 16.9 Å². The molecule has 0 bridgehead atoms. The summed E-state index contributed by atoms with van der Waals surface area (Å²) in [4.78, 5) is 12.0. The van der Waals surface area contributed by atoms with Gasteiger partial charge in [0.25, 0.3) is 0 Å². The van der Waals surface area contributed by atoms with Crippen molar-refractivity contribution in [2.45, 2.75) is 16.4 Å². The van der Waals surface area contributed by atoms with Crippen LogP contribution in [0.2, 0.25) is 0 Å². The number of Topliss-reactive ketones (excluding diaryl/α,β-unsaturated/α-hetero) is 1. The largest absolute Gasteiger partial charge is 0.293 e. The predicted molar refractivity (Wildman–Crippen MR) is 70.3 cm³/mol. The third kappa shape index (κ3) is 2.97. The van der Waals surface area contributed by atoms with Gasteiger partial charge in [-0.1, -0.05) is 6.07 Å². The third-order valence-electron chi connectivity index (χ3n) is 2.35. The molecule has 1 unspecified atom stereocenters. The number of thiophene rings is 1. The lowest BCUT2D eigenvalue weighted by Gasteiger charge is -2.09. The molecule has 2 aromatic rings. The number of ketones is 1. The minimum Gasteiger partial charge on any atom is -0.293 e. The lowest BCUT2D eigenvalue weighted by Crippen LogP contribution is -2.15. The minimum atomic E-state index is -0.807. The summed E-state index contributed by atoms with van der Waals surface area (Å²) in [7, 11) is 0. The molecular weight excluding hydrogens is 274 g/mol. The van der Waals surface area contributed by atoms with E-state index in [9.17, 15) is 13.6 Å². The van der Waals surface area contributed by atoms with Crippen molar-refractivity contribution >= 4 is 28.9 Å². The van der Waals surface area contributed by atoms with Crippen LogP contribution < -0.4 is 0 Å². The first kappa shape index (κ1) is 13.2. The molecule has 1 aromatic carbocycles. The van der Waals surface area contributed by atoms with Crippen LogP contribution in [0.1, 0.15) is 17.3 Å². The van der Waals surface area contributed by atoms with Crippen molar-refractivity contribution in [2.75, 3.05) is 0 Å². The normalized spacial score (nSPS) is 12.4. The van der Waals surface area contributed by atoms with E-state index in [1.807, 2.05) is 17.5 Å². The standard InChI is InChI=1S/C13H10F2OS2/c1-8(18-12-3-2-6-17-12)13(16)10-5-4-9(14)7-11(10)15/h2-8H,1H3. The summed E-state index contributed by atoms with van der Waals surface area (Å²) < 4.78 is 27.2. The number of thioether (sulfide) groups is 1. The van der Waals surface area contributed by atoms with Crippen LogP contribution in [0.4, 0.5) is 8.78 Å². The Bertz CT molecular complexity index is 552. The average Bonchev–Trinajstić information content (AvgIpc) is 2.81. The van der Waals surface area contributed by atoms with E-state index in [2.05, 4.69) is 0 Å². The zero-order valence-corrected chi connectivity index (χ0v) is 11.2. The summed E-state index contributed by atoms with van der Waals surface area (Å²) in [6.45, 7) is 1.72. The number of rotatable bonds is 4.